The number of aryl methyl sites for hydroxylation is 1. The molecule has 2 aromatic rings. The third-order valence-corrected chi connectivity index (χ3v) is 2.94. The van der Waals surface area contributed by atoms with Gasteiger partial charge in [0.15, 0.2) is 0 Å². The second-order valence-electron chi connectivity index (χ2n) is 4.28. The predicted octanol–water partition coefficient (Wildman–Crippen LogP) is 3.37. The molecule has 0 spiro atoms. The molecule has 0 atom stereocenters. The van der Waals surface area contributed by atoms with Crippen LogP contribution >= 0.6 is 0 Å². The van der Waals surface area contributed by atoms with Crippen molar-refractivity contribution in [2.45, 2.75) is 19.0 Å². The molecule has 20 heavy (non-hydrogen) atoms. The van der Waals surface area contributed by atoms with Gasteiger partial charge in [0.1, 0.15) is 0 Å². The minimum absolute atomic E-state index is 0.648. The van der Waals surface area contributed by atoms with E-state index in [0.29, 0.717) is 18.5 Å². The zero-order valence-corrected chi connectivity index (χ0v) is 10.6. The van der Waals surface area contributed by atoms with E-state index in [0.717, 1.165) is 17.8 Å². The minimum Gasteiger partial charge on any atom is -0.324 e. The Bertz CT molecular complexity index is 582. The van der Waals surface area contributed by atoms with Crippen molar-refractivity contribution in [2.24, 2.45) is 10.9 Å². The number of hydrogen-bond donors (Lipinski definition) is 1. The molecule has 0 fully saturated rings. The van der Waals surface area contributed by atoms with Gasteiger partial charge in [-0.3, -0.25) is 0 Å². The van der Waals surface area contributed by atoms with E-state index < -0.39 is 11.7 Å². The first kappa shape index (κ1) is 14.2. The molecule has 2 rings (SSSR count). The van der Waals surface area contributed by atoms with Crippen molar-refractivity contribution < 1.29 is 13.2 Å². The smallest absolute Gasteiger partial charge is 0.324 e. The lowest BCUT2D eigenvalue weighted by Gasteiger charge is -2.11. The molecule has 0 radical (unpaired) electrons. The zero-order chi connectivity index (χ0) is 14.6. The fourth-order valence-corrected chi connectivity index (χ4v) is 1.97. The van der Waals surface area contributed by atoms with E-state index in [-0.39, 0.29) is 0 Å². The van der Waals surface area contributed by atoms with E-state index in [1.54, 1.807) is 6.21 Å². The summed E-state index contributed by atoms with van der Waals surface area (Å²) in [7, 11) is 0. The van der Waals surface area contributed by atoms with E-state index in [9.17, 15) is 13.2 Å². The SMILES string of the molecule is N/N=C/CCc1cccn1-c1ccc(C(F)(F)F)cc1. The molecule has 1 aromatic carbocycles. The topological polar surface area (TPSA) is 43.3 Å². The van der Waals surface area contributed by atoms with Gasteiger partial charge in [0, 0.05) is 23.8 Å². The summed E-state index contributed by atoms with van der Waals surface area (Å²) < 4.78 is 39.4. The van der Waals surface area contributed by atoms with Gasteiger partial charge in [-0.15, -0.1) is 0 Å². The van der Waals surface area contributed by atoms with E-state index in [2.05, 4.69) is 5.10 Å². The number of nitrogens with zero attached hydrogens (tertiary/aromatic N) is 2. The summed E-state index contributed by atoms with van der Waals surface area (Å²) >= 11 is 0. The molecule has 0 aliphatic heterocycles. The number of alkyl halides is 3. The molecule has 106 valence electrons. The molecule has 6 heteroatoms. The van der Waals surface area contributed by atoms with E-state index in [1.165, 1.54) is 12.1 Å². The third kappa shape index (κ3) is 3.20. The Labute approximate surface area is 114 Å². The lowest BCUT2D eigenvalue weighted by Crippen LogP contribution is -2.05. The molecule has 0 bridgehead atoms. The molecule has 1 aromatic heterocycles. The van der Waals surface area contributed by atoms with Gasteiger partial charge in [-0.25, -0.2) is 0 Å². The van der Waals surface area contributed by atoms with Crippen LogP contribution in [0.5, 0.6) is 0 Å². The lowest BCUT2D eigenvalue weighted by atomic mass is 10.2. The van der Waals surface area contributed by atoms with Gasteiger partial charge in [0.2, 0.25) is 0 Å². The van der Waals surface area contributed by atoms with Crippen LogP contribution in [0.25, 0.3) is 5.69 Å². The van der Waals surface area contributed by atoms with E-state index in [4.69, 9.17) is 5.84 Å². The summed E-state index contributed by atoms with van der Waals surface area (Å²) in [5.41, 5.74) is 1.04. The Hall–Kier alpha value is -2.24. The summed E-state index contributed by atoms with van der Waals surface area (Å²) in [6, 6.07) is 8.86. The van der Waals surface area contributed by atoms with E-state index >= 15 is 0 Å². The third-order valence-electron chi connectivity index (χ3n) is 2.94. The van der Waals surface area contributed by atoms with Crippen LogP contribution in [0.2, 0.25) is 0 Å². The highest BCUT2D eigenvalue weighted by molar-refractivity contribution is 5.57. The average Bonchev–Trinajstić information content (AvgIpc) is 2.87. The first-order chi connectivity index (χ1) is 9.52. The van der Waals surface area contributed by atoms with Crippen LogP contribution in [-0.4, -0.2) is 10.8 Å². The maximum atomic E-state index is 12.5. The van der Waals surface area contributed by atoms with Crippen molar-refractivity contribution in [1.29, 1.82) is 0 Å². The van der Waals surface area contributed by atoms with Crippen molar-refractivity contribution in [3.8, 4) is 5.69 Å². The van der Waals surface area contributed by atoms with Crippen LogP contribution in [-0.2, 0) is 12.6 Å². The fourth-order valence-electron chi connectivity index (χ4n) is 1.97. The molecule has 1 heterocycles. The van der Waals surface area contributed by atoms with Crippen molar-refractivity contribution in [3.63, 3.8) is 0 Å². The quantitative estimate of drug-likeness (QED) is 0.521. The summed E-state index contributed by atoms with van der Waals surface area (Å²) in [5, 5.41) is 3.42. The standard InChI is InChI=1S/C14H14F3N3/c15-14(16,17)11-5-7-13(8-6-11)20-10-2-4-12(20)3-1-9-19-18/h2,4-10H,1,3,18H2/b19-9+. The highest BCUT2D eigenvalue weighted by Gasteiger charge is 2.29. The lowest BCUT2D eigenvalue weighted by molar-refractivity contribution is -0.137. The molecular weight excluding hydrogens is 267 g/mol. The first-order valence-electron chi connectivity index (χ1n) is 6.08. The van der Waals surface area contributed by atoms with Crippen LogP contribution < -0.4 is 5.84 Å². The highest BCUT2D eigenvalue weighted by atomic mass is 19.4. The van der Waals surface area contributed by atoms with Gasteiger partial charge in [0.25, 0.3) is 0 Å². The molecular formula is C14H14F3N3. The normalized spacial score (nSPS) is 12.2. The Balaban J connectivity index is 2.22. The van der Waals surface area contributed by atoms with Crippen molar-refractivity contribution in [3.05, 3.63) is 53.9 Å². The van der Waals surface area contributed by atoms with Crippen LogP contribution in [0.1, 0.15) is 17.7 Å². The Morgan fingerprint density at radius 3 is 2.45 bits per heavy atom. The fraction of sp³-hybridized carbons (Fsp3) is 0.214. The van der Waals surface area contributed by atoms with Crippen molar-refractivity contribution in [1.82, 2.24) is 4.57 Å². The Kier molecular flexibility index (Phi) is 4.12. The highest BCUT2D eigenvalue weighted by Crippen LogP contribution is 2.29. The number of aromatic nitrogens is 1. The zero-order valence-electron chi connectivity index (χ0n) is 10.6. The predicted molar refractivity (Wildman–Crippen MR) is 71.8 cm³/mol. The summed E-state index contributed by atoms with van der Waals surface area (Å²) in [5.74, 6) is 5.03. The van der Waals surface area contributed by atoms with Crippen LogP contribution in [0, 0.1) is 0 Å². The van der Waals surface area contributed by atoms with E-state index in [1.807, 2.05) is 22.9 Å². The Morgan fingerprint density at radius 1 is 1.15 bits per heavy atom. The summed E-state index contributed by atoms with van der Waals surface area (Å²) in [6.45, 7) is 0. The first-order valence-corrected chi connectivity index (χ1v) is 6.08. The second-order valence-corrected chi connectivity index (χ2v) is 4.28. The molecule has 0 unspecified atom stereocenters. The number of benzene rings is 1. The summed E-state index contributed by atoms with van der Waals surface area (Å²) in [4.78, 5) is 0. The molecule has 0 saturated carbocycles. The van der Waals surface area contributed by atoms with Gasteiger partial charge >= 0.3 is 6.18 Å². The largest absolute Gasteiger partial charge is 0.416 e. The van der Waals surface area contributed by atoms with Crippen LogP contribution in [0.15, 0.2) is 47.7 Å². The maximum Gasteiger partial charge on any atom is 0.416 e. The van der Waals surface area contributed by atoms with Crippen LogP contribution in [0.4, 0.5) is 13.2 Å². The number of halogens is 3. The average molecular weight is 281 g/mol. The van der Waals surface area contributed by atoms with Crippen molar-refractivity contribution in [2.75, 3.05) is 0 Å². The number of hydrazone groups is 1. The van der Waals surface area contributed by atoms with Gasteiger partial charge < -0.3 is 10.4 Å². The molecule has 0 aliphatic carbocycles. The molecule has 0 aliphatic rings. The number of nitrogens with two attached hydrogens (primary N) is 1. The number of rotatable bonds is 4. The van der Waals surface area contributed by atoms with Crippen molar-refractivity contribution >= 4 is 6.21 Å². The molecule has 0 amide bonds. The van der Waals surface area contributed by atoms with Crippen LogP contribution in [0.3, 0.4) is 0 Å². The van der Waals surface area contributed by atoms with Gasteiger partial charge in [-0.05, 0) is 49.2 Å². The van der Waals surface area contributed by atoms with Gasteiger partial charge in [0.05, 0.1) is 5.56 Å². The Morgan fingerprint density at radius 2 is 1.85 bits per heavy atom. The molecule has 0 saturated heterocycles. The molecule has 2 N–H and O–H groups in total. The maximum absolute atomic E-state index is 12.5. The van der Waals surface area contributed by atoms with Gasteiger partial charge in [-0.2, -0.15) is 18.3 Å². The second kappa shape index (κ2) is 5.81. The number of hydrogen-bond acceptors (Lipinski definition) is 2. The monoisotopic (exact) mass is 281 g/mol. The minimum atomic E-state index is -4.31. The van der Waals surface area contributed by atoms with Gasteiger partial charge in [-0.1, -0.05) is 0 Å². The summed E-state index contributed by atoms with van der Waals surface area (Å²) in [6.07, 6.45) is 0.507. The molecule has 3 nitrogen and oxygen atoms in total.